The normalized spacial score (nSPS) is 25.6. The van der Waals surface area contributed by atoms with E-state index in [2.05, 4.69) is 50.3 Å². The van der Waals surface area contributed by atoms with E-state index in [1.807, 2.05) is 0 Å². The largest absolute Gasteiger partial charge is 0.324 e. The van der Waals surface area contributed by atoms with Crippen LogP contribution in [0, 0.1) is 0 Å². The Labute approximate surface area is 96.7 Å². The second-order valence-electron chi connectivity index (χ2n) is 5.27. The zero-order chi connectivity index (χ0) is 11.3. The molecule has 0 aromatic heterocycles. The zero-order valence-corrected chi connectivity index (χ0v) is 9.83. The molecular formula is C15H17N. The monoisotopic (exact) mass is 211 g/mol. The molecule has 0 saturated carbocycles. The fraction of sp³-hybridized carbons (Fsp3) is 0.333. The number of hydrogen-bond donors (Lipinski definition) is 1. The molecule has 2 aliphatic carbocycles. The molecule has 0 amide bonds. The van der Waals surface area contributed by atoms with Crippen LogP contribution in [0.2, 0.25) is 0 Å². The van der Waals surface area contributed by atoms with Crippen molar-refractivity contribution in [3.63, 3.8) is 0 Å². The van der Waals surface area contributed by atoms with E-state index in [0.29, 0.717) is 0 Å². The van der Waals surface area contributed by atoms with Crippen LogP contribution in [0.3, 0.4) is 0 Å². The van der Waals surface area contributed by atoms with E-state index in [-0.39, 0.29) is 11.5 Å². The minimum atomic E-state index is 0.112. The molecule has 1 unspecified atom stereocenters. The van der Waals surface area contributed by atoms with Crippen LogP contribution in [-0.2, 0) is 5.41 Å². The van der Waals surface area contributed by atoms with Gasteiger partial charge in [-0.3, -0.25) is 0 Å². The first-order valence-corrected chi connectivity index (χ1v) is 5.89. The molecule has 2 aliphatic rings. The first-order valence-electron chi connectivity index (χ1n) is 5.89. The lowest BCUT2D eigenvalue weighted by molar-refractivity contribution is 0.647. The van der Waals surface area contributed by atoms with Crippen molar-refractivity contribution in [2.75, 3.05) is 0 Å². The molecule has 0 heterocycles. The van der Waals surface area contributed by atoms with Gasteiger partial charge >= 0.3 is 0 Å². The van der Waals surface area contributed by atoms with Crippen LogP contribution in [0.5, 0.6) is 0 Å². The third kappa shape index (κ3) is 1.15. The van der Waals surface area contributed by atoms with Gasteiger partial charge in [-0.05, 0) is 28.7 Å². The minimum absolute atomic E-state index is 0.112. The summed E-state index contributed by atoms with van der Waals surface area (Å²) in [5.74, 6) is 0. The Kier molecular flexibility index (Phi) is 1.90. The van der Waals surface area contributed by atoms with E-state index in [0.717, 1.165) is 6.42 Å². The zero-order valence-electron chi connectivity index (χ0n) is 9.83. The summed E-state index contributed by atoms with van der Waals surface area (Å²) < 4.78 is 0. The van der Waals surface area contributed by atoms with Crippen molar-refractivity contribution in [2.45, 2.75) is 31.7 Å². The second-order valence-corrected chi connectivity index (χ2v) is 5.27. The Bertz CT molecular complexity index is 506. The van der Waals surface area contributed by atoms with Crippen LogP contribution in [0.25, 0.3) is 5.57 Å². The predicted molar refractivity (Wildman–Crippen MR) is 68.1 cm³/mol. The lowest BCUT2D eigenvalue weighted by atomic mass is 9.80. The van der Waals surface area contributed by atoms with Crippen LogP contribution < -0.4 is 5.73 Å². The standard InChI is InChI=1S/C15H17N/c1-15(2)13-6-4-3-5-11(13)12-8-7-10(16)9-14(12)15/h3-6,8-10H,7,16H2,1-2H3. The van der Waals surface area contributed by atoms with Gasteiger partial charge in [-0.1, -0.05) is 50.3 Å². The molecule has 0 saturated heterocycles. The van der Waals surface area contributed by atoms with Crippen molar-refractivity contribution in [1.29, 1.82) is 0 Å². The minimum Gasteiger partial charge on any atom is -0.324 e. The molecule has 82 valence electrons. The fourth-order valence-electron chi connectivity index (χ4n) is 2.94. The third-order valence-corrected chi connectivity index (χ3v) is 3.83. The molecule has 1 heteroatoms. The first kappa shape index (κ1) is 9.86. The summed E-state index contributed by atoms with van der Waals surface area (Å²) in [6.07, 6.45) is 5.51. The number of rotatable bonds is 0. The highest BCUT2D eigenvalue weighted by atomic mass is 14.6. The molecule has 2 N–H and O–H groups in total. The highest BCUT2D eigenvalue weighted by molar-refractivity contribution is 5.90. The number of benzene rings is 1. The van der Waals surface area contributed by atoms with Gasteiger partial charge in [0, 0.05) is 11.5 Å². The van der Waals surface area contributed by atoms with E-state index in [4.69, 9.17) is 5.73 Å². The summed E-state index contributed by atoms with van der Waals surface area (Å²) in [6, 6.07) is 8.89. The summed E-state index contributed by atoms with van der Waals surface area (Å²) in [5, 5.41) is 0. The van der Waals surface area contributed by atoms with Gasteiger partial charge in [-0.15, -0.1) is 0 Å². The Hall–Kier alpha value is -1.34. The maximum Gasteiger partial charge on any atom is 0.0265 e. The predicted octanol–water partition coefficient (Wildman–Crippen LogP) is 3.02. The van der Waals surface area contributed by atoms with Gasteiger partial charge in [0.1, 0.15) is 0 Å². The number of allylic oxidation sites excluding steroid dienone is 2. The summed E-state index contributed by atoms with van der Waals surface area (Å²) in [6.45, 7) is 4.58. The van der Waals surface area contributed by atoms with E-state index in [1.165, 1.54) is 22.3 Å². The van der Waals surface area contributed by atoms with Crippen LogP contribution in [0.1, 0.15) is 31.4 Å². The SMILES string of the molecule is CC1(C)C2=CC(N)CC=C2c2ccccc21. The van der Waals surface area contributed by atoms with Crippen molar-refractivity contribution < 1.29 is 0 Å². The molecule has 1 atom stereocenters. The van der Waals surface area contributed by atoms with Gasteiger partial charge < -0.3 is 5.73 Å². The highest BCUT2D eigenvalue weighted by Gasteiger charge is 2.38. The van der Waals surface area contributed by atoms with Gasteiger partial charge in [0.15, 0.2) is 0 Å². The van der Waals surface area contributed by atoms with E-state index < -0.39 is 0 Å². The Morgan fingerprint density at radius 3 is 2.81 bits per heavy atom. The lowest BCUT2D eigenvalue weighted by Gasteiger charge is -2.25. The maximum atomic E-state index is 6.03. The molecule has 0 aliphatic heterocycles. The van der Waals surface area contributed by atoms with Crippen molar-refractivity contribution >= 4 is 5.57 Å². The fourth-order valence-corrected chi connectivity index (χ4v) is 2.94. The molecule has 1 aromatic carbocycles. The quantitative estimate of drug-likeness (QED) is 0.701. The van der Waals surface area contributed by atoms with E-state index >= 15 is 0 Å². The molecule has 0 spiro atoms. The molecule has 1 nitrogen and oxygen atoms in total. The lowest BCUT2D eigenvalue weighted by Crippen LogP contribution is -2.23. The Balaban J connectivity index is 2.28. The van der Waals surface area contributed by atoms with Gasteiger partial charge in [0.05, 0.1) is 0 Å². The van der Waals surface area contributed by atoms with E-state index in [9.17, 15) is 0 Å². The molecular weight excluding hydrogens is 194 g/mol. The molecule has 1 aromatic rings. The number of hydrogen-bond acceptors (Lipinski definition) is 1. The van der Waals surface area contributed by atoms with Gasteiger partial charge in [0.2, 0.25) is 0 Å². The van der Waals surface area contributed by atoms with Crippen molar-refractivity contribution in [1.82, 2.24) is 0 Å². The molecule has 0 radical (unpaired) electrons. The Morgan fingerprint density at radius 2 is 2.00 bits per heavy atom. The summed E-state index contributed by atoms with van der Waals surface area (Å²) in [7, 11) is 0. The smallest absolute Gasteiger partial charge is 0.0265 e. The molecule has 0 bridgehead atoms. The van der Waals surface area contributed by atoms with Crippen molar-refractivity contribution in [2.24, 2.45) is 5.73 Å². The van der Waals surface area contributed by atoms with Gasteiger partial charge in [-0.2, -0.15) is 0 Å². The Morgan fingerprint density at radius 1 is 1.25 bits per heavy atom. The average Bonchev–Trinajstić information content (AvgIpc) is 2.49. The van der Waals surface area contributed by atoms with E-state index in [1.54, 1.807) is 0 Å². The maximum absolute atomic E-state index is 6.03. The first-order chi connectivity index (χ1) is 7.60. The van der Waals surface area contributed by atoms with Crippen LogP contribution in [-0.4, -0.2) is 6.04 Å². The van der Waals surface area contributed by atoms with Crippen molar-refractivity contribution in [3.05, 3.63) is 53.1 Å². The molecule has 0 fully saturated rings. The number of nitrogens with two attached hydrogens (primary N) is 1. The average molecular weight is 211 g/mol. The number of fused-ring (bicyclic) bond motifs is 3. The van der Waals surface area contributed by atoms with Gasteiger partial charge in [-0.25, -0.2) is 0 Å². The topological polar surface area (TPSA) is 26.0 Å². The summed E-state index contributed by atoms with van der Waals surface area (Å²) >= 11 is 0. The third-order valence-electron chi connectivity index (χ3n) is 3.83. The highest BCUT2D eigenvalue weighted by Crippen LogP contribution is 2.50. The van der Waals surface area contributed by atoms with Crippen LogP contribution >= 0.6 is 0 Å². The summed E-state index contributed by atoms with van der Waals surface area (Å²) in [5.41, 5.74) is 11.8. The van der Waals surface area contributed by atoms with Crippen molar-refractivity contribution in [3.8, 4) is 0 Å². The van der Waals surface area contributed by atoms with Gasteiger partial charge in [0.25, 0.3) is 0 Å². The second kappa shape index (κ2) is 3.08. The molecule has 16 heavy (non-hydrogen) atoms. The molecule has 3 rings (SSSR count). The van der Waals surface area contributed by atoms with Crippen LogP contribution in [0.4, 0.5) is 0 Å². The summed E-state index contributed by atoms with van der Waals surface area (Å²) in [4.78, 5) is 0. The van der Waals surface area contributed by atoms with Crippen LogP contribution in [0.15, 0.2) is 42.0 Å².